The monoisotopic (exact) mass is 444 g/mol. The maximum Gasteiger partial charge on any atom is 0.490 e. The zero-order chi connectivity index (χ0) is 22.4. The van der Waals surface area contributed by atoms with Gasteiger partial charge >= 0.3 is 18.3 Å². The van der Waals surface area contributed by atoms with Crippen molar-refractivity contribution >= 4 is 11.7 Å². The molecule has 0 saturated carbocycles. The van der Waals surface area contributed by atoms with E-state index in [0.29, 0.717) is 32.1 Å². The molecule has 2 fully saturated rings. The normalized spacial score (nSPS) is 18.4. The fourth-order valence-corrected chi connectivity index (χ4v) is 3.00. The number of carbonyl (C=O) groups is 1. The third-order valence-electron chi connectivity index (χ3n) is 4.46. The predicted molar refractivity (Wildman–Crippen MR) is 94.7 cm³/mol. The Labute approximate surface area is 168 Å². The summed E-state index contributed by atoms with van der Waals surface area (Å²) >= 11 is 0. The van der Waals surface area contributed by atoms with Crippen LogP contribution in [0.5, 0.6) is 5.75 Å². The van der Waals surface area contributed by atoms with E-state index >= 15 is 0 Å². The van der Waals surface area contributed by atoms with Gasteiger partial charge in [0.15, 0.2) is 0 Å². The van der Waals surface area contributed by atoms with Gasteiger partial charge in [-0.15, -0.1) is 0 Å². The average molecular weight is 444 g/mol. The van der Waals surface area contributed by atoms with E-state index in [1.165, 1.54) is 12.1 Å². The summed E-state index contributed by atoms with van der Waals surface area (Å²) in [4.78, 5) is 10.6. The van der Waals surface area contributed by atoms with Crippen LogP contribution in [0.15, 0.2) is 18.2 Å². The molecule has 0 bridgehead atoms. The first-order chi connectivity index (χ1) is 14.0. The highest BCUT2D eigenvalue weighted by Gasteiger charge is 2.38. The highest BCUT2D eigenvalue weighted by atomic mass is 19.4. The van der Waals surface area contributed by atoms with Gasteiger partial charge in [0.25, 0.3) is 0 Å². The van der Waals surface area contributed by atoms with Crippen molar-refractivity contribution in [1.82, 2.24) is 5.32 Å². The predicted octanol–water partition coefficient (Wildman–Crippen LogP) is 3.31. The summed E-state index contributed by atoms with van der Waals surface area (Å²) in [5, 5.41) is 10.4. The number of alkyl halides is 6. The summed E-state index contributed by atoms with van der Waals surface area (Å²) in [5.41, 5.74) is -0.427. The van der Waals surface area contributed by atoms with Crippen LogP contribution in [0.4, 0.5) is 32.0 Å². The highest BCUT2D eigenvalue weighted by molar-refractivity contribution is 5.73. The van der Waals surface area contributed by atoms with Crippen LogP contribution in [0, 0.1) is 0 Å². The Hall–Kier alpha value is -2.21. The Morgan fingerprint density at radius 2 is 1.67 bits per heavy atom. The van der Waals surface area contributed by atoms with Crippen LogP contribution in [-0.2, 0) is 15.7 Å². The minimum absolute atomic E-state index is 0.0607. The second kappa shape index (κ2) is 10.2. The Kier molecular flexibility index (Phi) is 8.18. The molecule has 1 aromatic carbocycles. The summed E-state index contributed by atoms with van der Waals surface area (Å²) in [7, 11) is 0. The number of carboxylic acids is 1. The van der Waals surface area contributed by atoms with Crippen molar-refractivity contribution in [2.45, 2.75) is 31.3 Å². The van der Waals surface area contributed by atoms with Crippen molar-refractivity contribution in [3.8, 4) is 5.75 Å². The number of hydrogen-bond acceptors (Lipinski definition) is 5. The molecule has 170 valence electrons. The fourth-order valence-electron chi connectivity index (χ4n) is 3.00. The number of rotatable bonds is 3. The molecule has 0 aliphatic carbocycles. The summed E-state index contributed by atoms with van der Waals surface area (Å²) in [6.45, 7) is 3.55. The van der Waals surface area contributed by atoms with E-state index in [0.717, 1.165) is 32.0 Å². The number of piperidine rings is 1. The van der Waals surface area contributed by atoms with Crippen molar-refractivity contribution in [1.29, 1.82) is 0 Å². The lowest BCUT2D eigenvalue weighted by Gasteiger charge is -2.32. The first-order valence-electron chi connectivity index (χ1n) is 9.20. The molecule has 3 rings (SSSR count). The molecular formula is C18H22F6N2O4. The van der Waals surface area contributed by atoms with Crippen LogP contribution in [0.25, 0.3) is 0 Å². The molecule has 0 radical (unpaired) electrons. The van der Waals surface area contributed by atoms with Crippen LogP contribution in [0.3, 0.4) is 0 Å². The number of benzene rings is 1. The zero-order valence-electron chi connectivity index (χ0n) is 15.9. The maximum atomic E-state index is 13.3. The quantitative estimate of drug-likeness (QED) is 0.698. The smallest absolute Gasteiger partial charge is 0.490 e. The third kappa shape index (κ3) is 7.24. The molecule has 2 heterocycles. The molecule has 2 aliphatic heterocycles. The Bertz CT molecular complexity index is 699. The zero-order valence-corrected chi connectivity index (χ0v) is 15.9. The molecule has 12 heteroatoms. The molecule has 2 aliphatic rings. The molecule has 0 atom stereocenters. The van der Waals surface area contributed by atoms with Crippen LogP contribution in [-0.4, -0.2) is 62.7 Å². The minimum Gasteiger partial charge on any atom is -0.490 e. The summed E-state index contributed by atoms with van der Waals surface area (Å²) in [5.74, 6) is -2.25. The topological polar surface area (TPSA) is 71.0 Å². The Morgan fingerprint density at radius 3 is 2.17 bits per heavy atom. The molecule has 1 aromatic rings. The van der Waals surface area contributed by atoms with Gasteiger partial charge in [0.1, 0.15) is 11.9 Å². The van der Waals surface area contributed by atoms with Gasteiger partial charge in [-0.1, -0.05) is 0 Å². The van der Waals surface area contributed by atoms with Gasteiger partial charge in [0.2, 0.25) is 0 Å². The molecule has 0 amide bonds. The average Bonchev–Trinajstić information content (AvgIpc) is 2.68. The number of nitrogens with one attached hydrogen (secondary N) is 1. The lowest BCUT2D eigenvalue weighted by molar-refractivity contribution is -0.192. The highest BCUT2D eigenvalue weighted by Crippen LogP contribution is 2.39. The second-order valence-corrected chi connectivity index (χ2v) is 6.65. The van der Waals surface area contributed by atoms with Crippen LogP contribution in [0.2, 0.25) is 0 Å². The van der Waals surface area contributed by atoms with Crippen molar-refractivity contribution in [2.24, 2.45) is 0 Å². The van der Waals surface area contributed by atoms with E-state index in [-0.39, 0.29) is 11.8 Å². The molecule has 6 nitrogen and oxygen atoms in total. The molecule has 0 unspecified atom stereocenters. The second-order valence-electron chi connectivity index (χ2n) is 6.65. The lowest BCUT2D eigenvalue weighted by Crippen LogP contribution is -2.37. The molecule has 2 N–H and O–H groups in total. The maximum absolute atomic E-state index is 13.3. The van der Waals surface area contributed by atoms with Crippen molar-refractivity contribution in [3.63, 3.8) is 0 Å². The number of carboxylic acid groups (broad SMARTS) is 1. The van der Waals surface area contributed by atoms with Crippen molar-refractivity contribution in [2.75, 3.05) is 44.3 Å². The summed E-state index contributed by atoms with van der Waals surface area (Å²) < 4.78 is 82.7. The number of nitrogens with zero attached hydrogens (tertiary/aromatic N) is 1. The van der Waals surface area contributed by atoms with Crippen molar-refractivity contribution < 1.29 is 45.7 Å². The van der Waals surface area contributed by atoms with E-state index in [4.69, 9.17) is 19.4 Å². The van der Waals surface area contributed by atoms with E-state index < -0.39 is 23.9 Å². The standard InChI is InChI=1S/C16H21F3N2O2.C2HF3O2/c17-16(18,19)14-2-1-13(23-12-3-5-20-6-4-12)11-15(14)21-7-9-22-10-8-21;3-2(4,5)1(6)7/h1-2,11-12,20H,3-10H2;(H,6,7). The fraction of sp³-hybridized carbons (Fsp3) is 0.611. The number of anilines is 1. The van der Waals surface area contributed by atoms with E-state index in [2.05, 4.69) is 5.32 Å². The van der Waals surface area contributed by atoms with E-state index in [1.807, 2.05) is 0 Å². The first-order valence-corrected chi connectivity index (χ1v) is 9.20. The Morgan fingerprint density at radius 1 is 1.10 bits per heavy atom. The number of ether oxygens (including phenoxy) is 2. The first kappa shape index (κ1) is 24.1. The molecule has 0 spiro atoms. The lowest BCUT2D eigenvalue weighted by atomic mass is 10.1. The SMILES string of the molecule is FC(F)(F)c1ccc(OC2CCNCC2)cc1N1CCOCC1.O=C(O)C(F)(F)F. The van der Waals surface area contributed by atoms with Gasteiger partial charge in [-0.3, -0.25) is 0 Å². The minimum atomic E-state index is -5.08. The van der Waals surface area contributed by atoms with E-state index in [9.17, 15) is 26.3 Å². The number of halogens is 6. The van der Waals surface area contributed by atoms with Gasteiger partial charge in [-0.05, 0) is 38.1 Å². The molecule has 0 aromatic heterocycles. The number of hydrogen-bond donors (Lipinski definition) is 2. The molecule has 2 saturated heterocycles. The molecular weight excluding hydrogens is 422 g/mol. The van der Waals surface area contributed by atoms with Gasteiger partial charge in [-0.25, -0.2) is 4.79 Å². The number of aliphatic carboxylic acids is 1. The van der Waals surface area contributed by atoms with Gasteiger partial charge in [-0.2, -0.15) is 26.3 Å². The molecule has 30 heavy (non-hydrogen) atoms. The largest absolute Gasteiger partial charge is 0.490 e. The van der Waals surface area contributed by atoms with Crippen LogP contribution >= 0.6 is 0 Å². The Balaban J connectivity index is 0.000000396. The van der Waals surface area contributed by atoms with Crippen molar-refractivity contribution in [3.05, 3.63) is 23.8 Å². The van der Waals surface area contributed by atoms with E-state index in [1.54, 1.807) is 4.90 Å². The number of morpholine rings is 1. The van der Waals surface area contributed by atoms with Gasteiger partial charge in [0.05, 0.1) is 24.5 Å². The summed E-state index contributed by atoms with van der Waals surface area (Å²) in [6.07, 6.45) is -7.66. The summed E-state index contributed by atoms with van der Waals surface area (Å²) in [6, 6.07) is 4.08. The van der Waals surface area contributed by atoms with Crippen LogP contribution < -0.4 is 15.0 Å². The third-order valence-corrected chi connectivity index (χ3v) is 4.46. The van der Waals surface area contributed by atoms with Gasteiger partial charge in [0, 0.05) is 19.2 Å². The van der Waals surface area contributed by atoms with Crippen LogP contribution in [0.1, 0.15) is 18.4 Å². The van der Waals surface area contributed by atoms with Gasteiger partial charge < -0.3 is 24.8 Å².